The Hall–Kier alpha value is -0.580. The molecular formula is C17H30BrN3. The fourth-order valence-corrected chi connectivity index (χ4v) is 3.08. The average molecular weight is 356 g/mol. The lowest BCUT2D eigenvalue weighted by Crippen LogP contribution is -2.30. The Morgan fingerprint density at radius 2 is 1.76 bits per heavy atom. The van der Waals surface area contributed by atoms with Crippen molar-refractivity contribution < 1.29 is 0 Å². The highest BCUT2D eigenvalue weighted by atomic mass is 79.9. The lowest BCUT2D eigenvalue weighted by atomic mass is 10.1. The quantitative estimate of drug-likeness (QED) is 0.689. The normalized spacial score (nSPS) is 11.1. The van der Waals surface area contributed by atoms with Gasteiger partial charge in [-0.05, 0) is 63.8 Å². The van der Waals surface area contributed by atoms with E-state index in [1.165, 1.54) is 24.2 Å². The highest BCUT2D eigenvalue weighted by molar-refractivity contribution is 9.10. The first-order valence-corrected chi connectivity index (χ1v) is 8.85. The van der Waals surface area contributed by atoms with Gasteiger partial charge in [-0.2, -0.15) is 0 Å². The maximum atomic E-state index is 3.57. The molecule has 0 aromatic heterocycles. The van der Waals surface area contributed by atoms with Crippen molar-refractivity contribution in [3.63, 3.8) is 0 Å². The molecule has 0 atom stereocenters. The molecule has 0 saturated heterocycles. The summed E-state index contributed by atoms with van der Waals surface area (Å²) in [7, 11) is 2.00. The molecule has 0 aliphatic heterocycles. The standard InChI is InChI=1S/C17H30BrN3/c1-5-20(6-2)11-8-12-21(7-3)17-10-9-16(18)13-15(17)14-19-4/h9-10,13,19H,5-8,11-12,14H2,1-4H3. The molecule has 0 aliphatic carbocycles. The highest BCUT2D eigenvalue weighted by Gasteiger charge is 2.10. The average Bonchev–Trinajstić information content (AvgIpc) is 2.49. The fraction of sp³-hybridized carbons (Fsp3) is 0.647. The topological polar surface area (TPSA) is 18.5 Å². The molecule has 0 bridgehead atoms. The molecule has 3 nitrogen and oxygen atoms in total. The summed E-state index contributed by atoms with van der Waals surface area (Å²) < 4.78 is 1.15. The van der Waals surface area contributed by atoms with Crippen LogP contribution >= 0.6 is 15.9 Å². The van der Waals surface area contributed by atoms with Crippen molar-refractivity contribution in [2.45, 2.75) is 33.7 Å². The van der Waals surface area contributed by atoms with E-state index in [9.17, 15) is 0 Å². The predicted octanol–water partition coefficient (Wildman–Crippen LogP) is 3.73. The molecule has 1 aromatic rings. The molecule has 0 amide bonds. The van der Waals surface area contributed by atoms with Crippen LogP contribution in [0, 0.1) is 0 Å². The number of nitrogens with zero attached hydrogens (tertiary/aromatic N) is 2. The van der Waals surface area contributed by atoms with E-state index >= 15 is 0 Å². The van der Waals surface area contributed by atoms with E-state index in [1.54, 1.807) is 0 Å². The van der Waals surface area contributed by atoms with Crippen LogP contribution < -0.4 is 10.2 Å². The highest BCUT2D eigenvalue weighted by Crippen LogP contribution is 2.25. The lowest BCUT2D eigenvalue weighted by Gasteiger charge is -2.27. The molecule has 0 heterocycles. The van der Waals surface area contributed by atoms with E-state index in [0.29, 0.717) is 0 Å². The van der Waals surface area contributed by atoms with Gasteiger partial charge in [-0.1, -0.05) is 29.8 Å². The fourth-order valence-electron chi connectivity index (χ4n) is 2.67. The van der Waals surface area contributed by atoms with Crippen LogP contribution in [0.3, 0.4) is 0 Å². The smallest absolute Gasteiger partial charge is 0.0412 e. The summed E-state index contributed by atoms with van der Waals surface area (Å²) in [4.78, 5) is 4.98. The zero-order valence-electron chi connectivity index (χ0n) is 14.0. The molecule has 1 rings (SSSR count). The van der Waals surface area contributed by atoms with E-state index in [0.717, 1.165) is 37.2 Å². The minimum Gasteiger partial charge on any atom is -0.372 e. The Balaban J connectivity index is 2.71. The third-order valence-electron chi connectivity index (χ3n) is 3.93. The largest absolute Gasteiger partial charge is 0.372 e. The van der Waals surface area contributed by atoms with Crippen LogP contribution in [0.15, 0.2) is 22.7 Å². The Morgan fingerprint density at radius 1 is 1.05 bits per heavy atom. The summed E-state index contributed by atoms with van der Waals surface area (Å²) in [6.07, 6.45) is 1.21. The number of benzene rings is 1. The van der Waals surface area contributed by atoms with Gasteiger partial charge in [0, 0.05) is 29.8 Å². The van der Waals surface area contributed by atoms with Crippen molar-refractivity contribution in [3.05, 3.63) is 28.2 Å². The van der Waals surface area contributed by atoms with Gasteiger partial charge >= 0.3 is 0 Å². The maximum absolute atomic E-state index is 3.57. The van der Waals surface area contributed by atoms with E-state index in [-0.39, 0.29) is 0 Å². The van der Waals surface area contributed by atoms with Gasteiger partial charge in [-0.15, -0.1) is 0 Å². The Labute approximate surface area is 138 Å². The Kier molecular flexibility index (Phi) is 8.97. The van der Waals surface area contributed by atoms with Gasteiger partial charge in [0.05, 0.1) is 0 Å². The van der Waals surface area contributed by atoms with Crippen molar-refractivity contribution in [2.24, 2.45) is 0 Å². The summed E-state index contributed by atoms with van der Waals surface area (Å²) in [6.45, 7) is 13.3. The molecule has 0 fully saturated rings. The lowest BCUT2D eigenvalue weighted by molar-refractivity contribution is 0.300. The van der Waals surface area contributed by atoms with Crippen LogP contribution in [0.1, 0.15) is 32.8 Å². The minimum absolute atomic E-state index is 0.904. The Morgan fingerprint density at radius 3 is 2.33 bits per heavy atom. The molecule has 0 spiro atoms. The predicted molar refractivity (Wildman–Crippen MR) is 97.2 cm³/mol. The SMILES string of the molecule is CCN(CC)CCCN(CC)c1ccc(Br)cc1CNC. The summed E-state index contributed by atoms with van der Waals surface area (Å²) in [5.41, 5.74) is 2.71. The van der Waals surface area contributed by atoms with Gasteiger partial charge in [0.15, 0.2) is 0 Å². The van der Waals surface area contributed by atoms with E-state index in [4.69, 9.17) is 0 Å². The number of halogens is 1. The maximum Gasteiger partial charge on any atom is 0.0412 e. The number of hydrogen-bond acceptors (Lipinski definition) is 3. The minimum atomic E-state index is 0.904. The summed E-state index contributed by atoms with van der Waals surface area (Å²) >= 11 is 3.57. The third kappa shape index (κ3) is 5.97. The molecule has 0 saturated carbocycles. The molecular weight excluding hydrogens is 326 g/mol. The zero-order chi connectivity index (χ0) is 15.7. The van der Waals surface area contributed by atoms with Crippen LogP contribution in [-0.4, -0.2) is 44.7 Å². The van der Waals surface area contributed by atoms with Gasteiger partial charge in [-0.3, -0.25) is 0 Å². The second-order valence-corrected chi connectivity index (χ2v) is 6.18. The Bertz CT molecular complexity index is 405. The van der Waals surface area contributed by atoms with Crippen molar-refractivity contribution in [1.29, 1.82) is 0 Å². The second kappa shape index (κ2) is 10.2. The van der Waals surface area contributed by atoms with Crippen LogP contribution in [0.2, 0.25) is 0 Å². The van der Waals surface area contributed by atoms with Crippen LogP contribution in [0.4, 0.5) is 5.69 Å². The van der Waals surface area contributed by atoms with E-state index in [1.807, 2.05) is 7.05 Å². The number of anilines is 1. The summed E-state index contributed by atoms with van der Waals surface area (Å²) in [5.74, 6) is 0. The van der Waals surface area contributed by atoms with Gasteiger partial charge in [0.25, 0.3) is 0 Å². The molecule has 0 radical (unpaired) electrons. The molecule has 1 N–H and O–H groups in total. The summed E-state index contributed by atoms with van der Waals surface area (Å²) in [6, 6.07) is 6.60. The molecule has 21 heavy (non-hydrogen) atoms. The van der Waals surface area contributed by atoms with Gasteiger partial charge in [0.2, 0.25) is 0 Å². The van der Waals surface area contributed by atoms with Gasteiger partial charge in [-0.25, -0.2) is 0 Å². The van der Waals surface area contributed by atoms with E-state index in [2.05, 4.69) is 70.0 Å². The third-order valence-corrected chi connectivity index (χ3v) is 4.42. The van der Waals surface area contributed by atoms with Crippen molar-refractivity contribution in [3.8, 4) is 0 Å². The monoisotopic (exact) mass is 355 g/mol. The van der Waals surface area contributed by atoms with Gasteiger partial charge < -0.3 is 15.1 Å². The van der Waals surface area contributed by atoms with Crippen LogP contribution in [-0.2, 0) is 6.54 Å². The van der Waals surface area contributed by atoms with Crippen molar-refractivity contribution >= 4 is 21.6 Å². The van der Waals surface area contributed by atoms with Crippen LogP contribution in [0.25, 0.3) is 0 Å². The first-order valence-electron chi connectivity index (χ1n) is 8.06. The number of nitrogens with one attached hydrogen (secondary N) is 1. The van der Waals surface area contributed by atoms with Crippen molar-refractivity contribution in [1.82, 2.24) is 10.2 Å². The second-order valence-electron chi connectivity index (χ2n) is 5.26. The zero-order valence-corrected chi connectivity index (χ0v) is 15.5. The summed E-state index contributed by atoms with van der Waals surface area (Å²) in [5, 5.41) is 3.27. The van der Waals surface area contributed by atoms with E-state index < -0.39 is 0 Å². The number of rotatable bonds is 10. The molecule has 120 valence electrons. The van der Waals surface area contributed by atoms with Crippen LogP contribution in [0.5, 0.6) is 0 Å². The molecule has 4 heteroatoms. The molecule has 0 unspecified atom stereocenters. The van der Waals surface area contributed by atoms with Gasteiger partial charge in [0.1, 0.15) is 0 Å². The molecule has 1 aromatic carbocycles. The molecule has 0 aliphatic rings. The first-order chi connectivity index (χ1) is 10.2. The van der Waals surface area contributed by atoms with Crippen molar-refractivity contribution in [2.75, 3.05) is 44.7 Å². The first kappa shape index (κ1) is 18.5. The number of hydrogen-bond donors (Lipinski definition) is 1.